The third-order valence-corrected chi connectivity index (χ3v) is 4.58. The number of nitrogens with zero attached hydrogens (tertiary/aromatic N) is 1. The Morgan fingerprint density at radius 3 is 2.70 bits per heavy atom. The summed E-state index contributed by atoms with van der Waals surface area (Å²) in [5.74, 6) is -0.0479. The van der Waals surface area contributed by atoms with Gasteiger partial charge in [-0.1, -0.05) is 12.1 Å². The lowest BCUT2D eigenvalue weighted by Gasteiger charge is -2.35. The maximum Gasteiger partial charge on any atom is 0.217 e. The third-order valence-electron chi connectivity index (χ3n) is 3.43. The van der Waals surface area contributed by atoms with E-state index in [2.05, 4.69) is 5.32 Å². The highest BCUT2D eigenvalue weighted by Gasteiger charge is 2.24. The fourth-order valence-corrected chi connectivity index (χ4v) is 3.54. The van der Waals surface area contributed by atoms with Crippen molar-refractivity contribution in [1.82, 2.24) is 5.32 Å². The SMILES string of the molecule is CC(=O)NC1CCCN(c2ccccc2S(C)(=O)=O)C1. The highest BCUT2D eigenvalue weighted by molar-refractivity contribution is 7.90. The van der Waals surface area contributed by atoms with Crippen molar-refractivity contribution < 1.29 is 13.2 Å². The molecular weight excluding hydrogens is 276 g/mol. The van der Waals surface area contributed by atoms with E-state index in [1.807, 2.05) is 17.0 Å². The van der Waals surface area contributed by atoms with Gasteiger partial charge in [-0.25, -0.2) is 8.42 Å². The van der Waals surface area contributed by atoms with Gasteiger partial charge in [0.25, 0.3) is 0 Å². The van der Waals surface area contributed by atoms with Crippen molar-refractivity contribution in [3.8, 4) is 0 Å². The number of hydrogen-bond donors (Lipinski definition) is 1. The van der Waals surface area contributed by atoms with Gasteiger partial charge in [0, 0.05) is 32.3 Å². The molecule has 20 heavy (non-hydrogen) atoms. The van der Waals surface area contributed by atoms with E-state index in [1.165, 1.54) is 13.2 Å². The third kappa shape index (κ3) is 3.50. The second-order valence-electron chi connectivity index (χ2n) is 5.23. The summed E-state index contributed by atoms with van der Waals surface area (Å²) < 4.78 is 23.7. The van der Waals surface area contributed by atoms with Crippen LogP contribution in [0.15, 0.2) is 29.2 Å². The molecule has 0 spiro atoms. The topological polar surface area (TPSA) is 66.5 Å². The molecule has 1 aromatic rings. The summed E-state index contributed by atoms with van der Waals surface area (Å²) in [5, 5.41) is 2.91. The van der Waals surface area contributed by atoms with Crippen LogP contribution in [0.5, 0.6) is 0 Å². The van der Waals surface area contributed by atoms with Gasteiger partial charge in [0.15, 0.2) is 9.84 Å². The summed E-state index contributed by atoms with van der Waals surface area (Å²) in [6, 6.07) is 7.11. The Morgan fingerprint density at radius 1 is 1.35 bits per heavy atom. The first-order valence-electron chi connectivity index (χ1n) is 6.69. The quantitative estimate of drug-likeness (QED) is 0.910. The number of carbonyl (C=O) groups is 1. The molecule has 0 aromatic heterocycles. The minimum Gasteiger partial charge on any atom is -0.368 e. The maximum absolute atomic E-state index is 11.9. The van der Waals surface area contributed by atoms with E-state index in [4.69, 9.17) is 0 Å². The number of amides is 1. The average molecular weight is 296 g/mol. The van der Waals surface area contributed by atoms with Crippen molar-refractivity contribution in [1.29, 1.82) is 0 Å². The number of piperidine rings is 1. The summed E-state index contributed by atoms with van der Waals surface area (Å²) in [5.41, 5.74) is 0.727. The molecule has 1 saturated heterocycles. The summed E-state index contributed by atoms with van der Waals surface area (Å²) in [4.78, 5) is 13.5. The van der Waals surface area contributed by atoms with Crippen LogP contribution < -0.4 is 10.2 Å². The Morgan fingerprint density at radius 2 is 2.05 bits per heavy atom. The fraction of sp³-hybridized carbons (Fsp3) is 0.500. The molecule has 5 nitrogen and oxygen atoms in total. The van der Waals surface area contributed by atoms with Crippen molar-refractivity contribution >= 4 is 21.4 Å². The summed E-state index contributed by atoms with van der Waals surface area (Å²) in [6.07, 6.45) is 3.08. The van der Waals surface area contributed by atoms with Gasteiger partial charge in [-0.2, -0.15) is 0 Å². The number of benzene rings is 1. The summed E-state index contributed by atoms with van der Waals surface area (Å²) in [6.45, 7) is 2.96. The number of nitrogens with one attached hydrogen (secondary N) is 1. The summed E-state index contributed by atoms with van der Waals surface area (Å²) >= 11 is 0. The molecule has 1 atom stereocenters. The Labute approximate surface area is 119 Å². The van der Waals surface area contributed by atoms with Crippen LogP contribution in [0.3, 0.4) is 0 Å². The highest BCUT2D eigenvalue weighted by Crippen LogP contribution is 2.27. The van der Waals surface area contributed by atoms with E-state index in [9.17, 15) is 13.2 Å². The van der Waals surface area contributed by atoms with Gasteiger partial charge in [0.2, 0.25) is 5.91 Å². The van der Waals surface area contributed by atoms with Crippen LogP contribution in [-0.2, 0) is 14.6 Å². The number of para-hydroxylation sites is 1. The molecule has 1 fully saturated rings. The highest BCUT2D eigenvalue weighted by atomic mass is 32.2. The lowest BCUT2D eigenvalue weighted by molar-refractivity contribution is -0.119. The molecule has 0 aliphatic carbocycles. The zero-order chi connectivity index (χ0) is 14.8. The number of anilines is 1. The van der Waals surface area contributed by atoms with E-state index in [-0.39, 0.29) is 11.9 Å². The second-order valence-corrected chi connectivity index (χ2v) is 7.21. The maximum atomic E-state index is 11.9. The molecule has 6 heteroatoms. The molecule has 1 aliphatic rings. The molecule has 0 radical (unpaired) electrons. The molecule has 110 valence electrons. The van der Waals surface area contributed by atoms with Crippen LogP contribution in [0.1, 0.15) is 19.8 Å². The number of hydrogen-bond acceptors (Lipinski definition) is 4. The van der Waals surface area contributed by atoms with Crippen LogP contribution >= 0.6 is 0 Å². The van der Waals surface area contributed by atoms with E-state index in [0.717, 1.165) is 25.1 Å². The minimum atomic E-state index is -3.25. The molecule has 1 amide bonds. The minimum absolute atomic E-state index is 0.0479. The predicted molar refractivity (Wildman–Crippen MR) is 78.6 cm³/mol. The smallest absolute Gasteiger partial charge is 0.217 e. The Hall–Kier alpha value is -1.56. The van der Waals surface area contributed by atoms with Crippen LogP contribution in [0.4, 0.5) is 5.69 Å². The lowest BCUT2D eigenvalue weighted by atomic mass is 10.0. The van der Waals surface area contributed by atoms with E-state index >= 15 is 0 Å². The molecular formula is C14H20N2O3S. The predicted octanol–water partition coefficient (Wildman–Crippen LogP) is 1.20. The monoisotopic (exact) mass is 296 g/mol. The van der Waals surface area contributed by atoms with Crippen LogP contribution in [0.25, 0.3) is 0 Å². The van der Waals surface area contributed by atoms with Gasteiger partial charge in [-0.05, 0) is 25.0 Å². The average Bonchev–Trinajstić information content (AvgIpc) is 2.37. The first-order chi connectivity index (χ1) is 9.38. The van der Waals surface area contributed by atoms with Crippen molar-refractivity contribution in [2.75, 3.05) is 24.2 Å². The van der Waals surface area contributed by atoms with E-state index in [1.54, 1.807) is 12.1 Å². The second kappa shape index (κ2) is 5.83. The van der Waals surface area contributed by atoms with Crippen LogP contribution in [-0.4, -0.2) is 39.7 Å². The molecule has 1 N–H and O–H groups in total. The first-order valence-corrected chi connectivity index (χ1v) is 8.58. The molecule has 0 bridgehead atoms. The molecule has 1 unspecified atom stereocenters. The van der Waals surface area contributed by atoms with Gasteiger partial charge >= 0.3 is 0 Å². The van der Waals surface area contributed by atoms with E-state index in [0.29, 0.717) is 11.4 Å². The van der Waals surface area contributed by atoms with Gasteiger partial charge < -0.3 is 10.2 Å². The van der Waals surface area contributed by atoms with E-state index < -0.39 is 9.84 Å². The number of sulfone groups is 1. The molecule has 1 aliphatic heterocycles. The molecule has 1 aromatic carbocycles. The van der Waals surface area contributed by atoms with Crippen molar-refractivity contribution in [3.63, 3.8) is 0 Å². The van der Waals surface area contributed by atoms with Crippen molar-refractivity contribution in [2.45, 2.75) is 30.7 Å². The van der Waals surface area contributed by atoms with Crippen molar-refractivity contribution in [2.24, 2.45) is 0 Å². The van der Waals surface area contributed by atoms with Gasteiger partial charge in [-0.15, -0.1) is 0 Å². The Bertz CT molecular complexity index is 598. The Balaban J connectivity index is 2.25. The lowest BCUT2D eigenvalue weighted by Crippen LogP contribution is -2.47. The molecule has 2 rings (SSSR count). The Kier molecular flexibility index (Phi) is 4.32. The number of carbonyl (C=O) groups excluding carboxylic acids is 1. The van der Waals surface area contributed by atoms with Gasteiger partial charge in [0.1, 0.15) is 0 Å². The normalized spacial score (nSPS) is 19.7. The standard InChI is InChI=1S/C14H20N2O3S/c1-11(17)15-12-6-5-9-16(10-12)13-7-3-4-8-14(13)20(2,18)19/h3-4,7-8,12H,5-6,9-10H2,1-2H3,(H,15,17). The fourth-order valence-electron chi connectivity index (χ4n) is 2.63. The van der Waals surface area contributed by atoms with Gasteiger partial charge in [-0.3, -0.25) is 4.79 Å². The van der Waals surface area contributed by atoms with Crippen LogP contribution in [0.2, 0.25) is 0 Å². The molecule has 1 heterocycles. The van der Waals surface area contributed by atoms with Gasteiger partial charge in [0.05, 0.1) is 10.6 Å². The first kappa shape index (κ1) is 14.8. The zero-order valence-electron chi connectivity index (χ0n) is 11.8. The van der Waals surface area contributed by atoms with Crippen LogP contribution in [0, 0.1) is 0 Å². The van der Waals surface area contributed by atoms with Crippen molar-refractivity contribution in [3.05, 3.63) is 24.3 Å². The largest absolute Gasteiger partial charge is 0.368 e. The molecule has 0 saturated carbocycles. The zero-order valence-corrected chi connectivity index (χ0v) is 12.6. The summed E-state index contributed by atoms with van der Waals surface area (Å²) in [7, 11) is -3.25. The number of rotatable bonds is 3.